The summed E-state index contributed by atoms with van der Waals surface area (Å²) in [4.78, 5) is 12.7. The van der Waals surface area contributed by atoms with E-state index >= 15 is 0 Å². The van der Waals surface area contributed by atoms with Crippen LogP contribution in [0.5, 0.6) is 5.75 Å². The summed E-state index contributed by atoms with van der Waals surface area (Å²) in [5.74, 6) is -1.67. The monoisotopic (exact) mass is 360 g/mol. The number of Topliss-reactive ketones (excluding diaryl/α,β-unsaturated/α-hetero) is 1. The zero-order valence-corrected chi connectivity index (χ0v) is 15.5. The van der Waals surface area contributed by atoms with Gasteiger partial charge in [0, 0.05) is 0 Å². The molecule has 0 atom stereocenters. The largest absolute Gasteiger partial charge is 0.507 e. The van der Waals surface area contributed by atoms with Crippen LogP contribution in [-0.4, -0.2) is 35.0 Å². The summed E-state index contributed by atoms with van der Waals surface area (Å²) in [6, 6.07) is 6.38. The van der Waals surface area contributed by atoms with Gasteiger partial charge in [-0.1, -0.05) is 38.8 Å². The number of carbonyl (C=O) groups excluding carboxylic acids is 1. The van der Waals surface area contributed by atoms with E-state index in [9.17, 15) is 15.0 Å². The molecule has 0 aliphatic heterocycles. The van der Waals surface area contributed by atoms with Gasteiger partial charge < -0.3 is 19.7 Å². The van der Waals surface area contributed by atoms with E-state index in [1.807, 2.05) is 0 Å². The van der Waals surface area contributed by atoms with E-state index in [1.165, 1.54) is 12.1 Å². The van der Waals surface area contributed by atoms with Crippen molar-refractivity contribution in [1.82, 2.24) is 0 Å². The second kappa shape index (κ2) is 9.55. The van der Waals surface area contributed by atoms with Gasteiger partial charge in [0.05, 0.1) is 30.8 Å². The van der Waals surface area contributed by atoms with Crippen LogP contribution in [-0.2, 0) is 14.3 Å². The van der Waals surface area contributed by atoms with Crippen LogP contribution in [0.25, 0.3) is 5.76 Å². The van der Waals surface area contributed by atoms with Crippen molar-refractivity contribution in [2.45, 2.75) is 51.7 Å². The number of aliphatic hydroxyl groups excluding tert-OH is 1. The van der Waals surface area contributed by atoms with E-state index < -0.39 is 5.79 Å². The number of hydrogen-bond donors (Lipinski definition) is 2. The standard InChI is InChI=1S/C21H28O5/c1-3-5-13-25-21(26-14-6-4-2)12-11-17(19(23)15-21)20(24)16-9-7-8-10-18(16)22/h7-12,22,24H,3-6,13-15H2,1-2H3. The van der Waals surface area contributed by atoms with Crippen LogP contribution in [0.1, 0.15) is 51.5 Å². The molecule has 0 heterocycles. The lowest BCUT2D eigenvalue weighted by atomic mass is 9.92. The Morgan fingerprint density at radius 2 is 1.73 bits per heavy atom. The van der Waals surface area contributed by atoms with Gasteiger partial charge in [-0.05, 0) is 37.1 Å². The maximum Gasteiger partial charge on any atom is 0.195 e. The van der Waals surface area contributed by atoms with E-state index in [1.54, 1.807) is 24.3 Å². The van der Waals surface area contributed by atoms with Gasteiger partial charge in [0.15, 0.2) is 11.6 Å². The molecule has 0 saturated heterocycles. The van der Waals surface area contributed by atoms with Crippen molar-refractivity contribution in [3.05, 3.63) is 47.6 Å². The Labute approximate surface area is 154 Å². The Kier molecular flexibility index (Phi) is 7.42. The van der Waals surface area contributed by atoms with E-state index in [4.69, 9.17) is 9.47 Å². The highest BCUT2D eigenvalue weighted by Crippen LogP contribution is 2.33. The lowest BCUT2D eigenvalue weighted by Gasteiger charge is -2.33. The number of ether oxygens (including phenoxy) is 2. The van der Waals surface area contributed by atoms with Crippen LogP contribution in [0.4, 0.5) is 0 Å². The van der Waals surface area contributed by atoms with E-state index in [-0.39, 0.29) is 34.8 Å². The molecule has 0 bridgehead atoms. The maximum absolute atomic E-state index is 12.7. The van der Waals surface area contributed by atoms with Gasteiger partial charge in [0.1, 0.15) is 11.5 Å². The Balaban J connectivity index is 2.28. The molecule has 5 nitrogen and oxygen atoms in total. The molecule has 0 saturated carbocycles. The average Bonchev–Trinajstić information content (AvgIpc) is 2.62. The van der Waals surface area contributed by atoms with Gasteiger partial charge in [-0.2, -0.15) is 0 Å². The topological polar surface area (TPSA) is 76.0 Å². The van der Waals surface area contributed by atoms with Crippen LogP contribution in [0.15, 0.2) is 42.0 Å². The number of benzene rings is 1. The fraction of sp³-hybridized carbons (Fsp3) is 0.476. The van der Waals surface area contributed by atoms with Crippen molar-refractivity contribution < 1.29 is 24.5 Å². The number of aromatic hydroxyl groups is 1. The van der Waals surface area contributed by atoms with Crippen LogP contribution in [0.2, 0.25) is 0 Å². The summed E-state index contributed by atoms with van der Waals surface area (Å²) in [6.07, 6.45) is 6.98. The number of rotatable bonds is 9. The van der Waals surface area contributed by atoms with Crippen molar-refractivity contribution in [3.8, 4) is 5.75 Å². The Bertz CT molecular complexity index is 665. The minimum absolute atomic E-state index is 0.00389. The van der Waals surface area contributed by atoms with E-state index in [2.05, 4.69) is 13.8 Å². The fourth-order valence-corrected chi connectivity index (χ4v) is 2.73. The fourth-order valence-electron chi connectivity index (χ4n) is 2.73. The molecule has 2 N–H and O–H groups in total. The molecule has 0 spiro atoms. The highest BCUT2D eigenvalue weighted by molar-refractivity contribution is 6.05. The second-order valence-corrected chi connectivity index (χ2v) is 6.43. The quantitative estimate of drug-likeness (QED) is 0.293. The summed E-state index contributed by atoms with van der Waals surface area (Å²) in [6.45, 7) is 5.15. The third-order valence-corrected chi connectivity index (χ3v) is 4.31. The highest BCUT2D eigenvalue weighted by atomic mass is 16.7. The Hall–Kier alpha value is -2.11. The first-order valence-electron chi connectivity index (χ1n) is 9.25. The van der Waals surface area contributed by atoms with Gasteiger partial charge >= 0.3 is 0 Å². The molecular weight excluding hydrogens is 332 g/mol. The first kappa shape index (κ1) is 20.2. The zero-order valence-electron chi connectivity index (χ0n) is 15.5. The first-order valence-corrected chi connectivity index (χ1v) is 9.25. The maximum atomic E-state index is 12.7. The van der Waals surface area contributed by atoms with Crippen molar-refractivity contribution in [3.63, 3.8) is 0 Å². The number of unbranched alkanes of at least 4 members (excludes halogenated alkanes) is 2. The molecule has 142 valence electrons. The average molecular weight is 360 g/mol. The number of phenols is 1. The molecule has 1 aliphatic rings. The number of carbonyl (C=O) groups is 1. The van der Waals surface area contributed by atoms with Crippen molar-refractivity contribution in [1.29, 1.82) is 0 Å². The molecule has 26 heavy (non-hydrogen) atoms. The Morgan fingerprint density at radius 3 is 2.27 bits per heavy atom. The molecule has 0 amide bonds. The SMILES string of the molecule is CCCCOC1(OCCCC)C=CC(=C(O)c2ccccc2O)C(=O)C1. The van der Waals surface area contributed by atoms with Crippen LogP contribution >= 0.6 is 0 Å². The van der Waals surface area contributed by atoms with Gasteiger partial charge in [0.2, 0.25) is 0 Å². The number of phenolic OH excluding ortho intramolecular Hbond substituents is 1. The van der Waals surface area contributed by atoms with Gasteiger partial charge in [0.25, 0.3) is 0 Å². The van der Waals surface area contributed by atoms with E-state index in [0.717, 1.165) is 25.7 Å². The third kappa shape index (κ3) is 4.96. The van der Waals surface area contributed by atoms with Crippen molar-refractivity contribution in [2.24, 2.45) is 0 Å². The lowest BCUT2D eigenvalue weighted by Crippen LogP contribution is -2.40. The number of hydrogen-bond acceptors (Lipinski definition) is 5. The third-order valence-electron chi connectivity index (χ3n) is 4.31. The summed E-state index contributed by atoms with van der Waals surface area (Å²) >= 11 is 0. The lowest BCUT2D eigenvalue weighted by molar-refractivity contribution is -0.208. The summed E-state index contributed by atoms with van der Waals surface area (Å²) in [5.41, 5.74) is 0.382. The molecule has 0 fully saturated rings. The number of aliphatic hydroxyl groups is 1. The number of ketones is 1. The van der Waals surface area contributed by atoms with E-state index in [0.29, 0.717) is 13.2 Å². The smallest absolute Gasteiger partial charge is 0.195 e. The van der Waals surface area contributed by atoms with Gasteiger partial charge in [-0.3, -0.25) is 4.79 Å². The molecule has 1 aromatic rings. The molecule has 1 aliphatic carbocycles. The predicted octanol–water partition coefficient (Wildman–Crippen LogP) is 4.52. The summed E-state index contributed by atoms with van der Waals surface area (Å²) < 4.78 is 11.8. The molecule has 2 rings (SSSR count). The van der Waals surface area contributed by atoms with Gasteiger partial charge in [-0.15, -0.1) is 0 Å². The van der Waals surface area contributed by atoms with Crippen LogP contribution < -0.4 is 0 Å². The molecule has 5 heteroatoms. The molecule has 0 radical (unpaired) electrons. The molecule has 0 unspecified atom stereocenters. The van der Waals surface area contributed by atoms with Gasteiger partial charge in [-0.25, -0.2) is 0 Å². The second-order valence-electron chi connectivity index (χ2n) is 6.43. The molecule has 1 aromatic carbocycles. The highest BCUT2D eigenvalue weighted by Gasteiger charge is 2.37. The van der Waals surface area contributed by atoms with Crippen LogP contribution in [0, 0.1) is 0 Å². The summed E-state index contributed by atoms with van der Waals surface area (Å²) in [5, 5.41) is 20.4. The zero-order chi connectivity index (χ0) is 19.0. The number of para-hydroxylation sites is 1. The predicted molar refractivity (Wildman–Crippen MR) is 101 cm³/mol. The van der Waals surface area contributed by atoms with Crippen molar-refractivity contribution >= 4 is 11.5 Å². The molecule has 0 aromatic heterocycles. The molecular formula is C21H28O5. The van der Waals surface area contributed by atoms with Crippen LogP contribution in [0.3, 0.4) is 0 Å². The normalized spacial score (nSPS) is 18.2. The minimum atomic E-state index is -1.08. The first-order chi connectivity index (χ1) is 12.5. The number of allylic oxidation sites excluding steroid dienone is 2. The summed E-state index contributed by atoms with van der Waals surface area (Å²) in [7, 11) is 0. The Morgan fingerprint density at radius 1 is 1.12 bits per heavy atom. The minimum Gasteiger partial charge on any atom is -0.507 e. The van der Waals surface area contributed by atoms with Crippen molar-refractivity contribution in [2.75, 3.05) is 13.2 Å².